The van der Waals surface area contributed by atoms with Crippen LogP contribution in [-0.2, 0) is 19.1 Å². The van der Waals surface area contributed by atoms with Crippen molar-refractivity contribution >= 4 is 17.8 Å². The maximum absolute atomic E-state index is 13.6. The average molecular weight is 563 g/mol. The van der Waals surface area contributed by atoms with Crippen molar-refractivity contribution in [2.24, 2.45) is 29.6 Å². The van der Waals surface area contributed by atoms with Crippen LogP contribution in [0.25, 0.3) is 6.08 Å². The quantitative estimate of drug-likeness (QED) is 0.174. The lowest BCUT2D eigenvalue weighted by atomic mass is 9.75. The number of aliphatic hydroxyl groups excluding tert-OH is 2. The fourth-order valence-electron chi connectivity index (χ4n) is 6.25. The Morgan fingerprint density at radius 1 is 1.07 bits per heavy atom. The van der Waals surface area contributed by atoms with Crippen LogP contribution >= 0.6 is 0 Å². The Hall–Kier alpha value is -1.96. The van der Waals surface area contributed by atoms with Gasteiger partial charge in [0, 0.05) is 29.7 Å². The normalized spacial score (nSPS) is 25.1. The first kappa shape index (κ1) is 34.2. The molecule has 0 unspecified atom stereocenters. The molecule has 2 N–H and O–H groups in total. The first-order chi connectivity index (χ1) is 18.9. The standard InChI is InChI=1S/C33H54O7/c1-9-12-25-14-13-20(4)33(40-25)24(8)31(36)23(7)32(37)27(10-2)30(35)22(6)19-21(5)28-17-15-26(39-28)16-18-29(34)38-11-3/h15-18,20-25,27,30-31,33,35-36H,9-14,19H2,1-8H3/t20-,21+,22-,23-,24-,25-,27+,30-,31+,33+/m0/s1. The molecule has 0 aromatic carbocycles. The smallest absolute Gasteiger partial charge is 0.330 e. The number of aliphatic hydroxyl groups is 2. The van der Waals surface area contributed by atoms with E-state index >= 15 is 0 Å². The molecule has 0 aliphatic carbocycles. The minimum Gasteiger partial charge on any atom is -0.463 e. The van der Waals surface area contributed by atoms with E-state index in [1.165, 1.54) is 6.08 Å². The Balaban J connectivity index is 2.00. The van der Waals surface area contributed by atoms with E-state index in [2.05, 4.69) is 13.8 Å². The Morgan fingerprint density at radius 3 is 2.40 bits per heavy atom. The number of furan rings is 1. The van der Waals surface area contributed by atoms with Crippen LogP contribution in [0.2, 0.25) is 0 Å². The van der Waals surface area contributed by atoms with Gasteiger partial charge in [0.25, 0.3) is 0 Å². The first-order valence-corrected chi connectivity index (χ1v) is 15.4. The van der Waals surface area contributed by atoms with Gasteiger partial charge in [-0.15, -0.1) is 0 Å². The highest BCUT2D eigenvalue weighted by molar-refractivity contribution is 5.86. The van der Waals surface area contributed by atoms with E-state index in [4.69, 9.17) is 13.9 Å². The van der Waals surface area contributed by atoms with Crippen LogP contribution in [0.15, 0.2) is 22.6 Å². The van der Waals surface area contributed by atoms with Gasteiger partial charge in [-0.1, -0.05) is 54.9 Å². The summed E-state index contributed by atoms with van der Waals surface area (Å²) in [5, 5.41) is 22.6. The van der Waals surface area contributed by atoms with E-state index in [9.17, 15) is 19.8 Å². The van der Waals surface area contributed by atoms with Crippen LogP contribution in [0.1, 0.15) is 111 Å². The van der Waals surface area contributed by atoms with Crippen molar-refractivity contribution < 1.29 is 33.7 Å². The van der Waals surface area contributed by atoms with E-state index in [0.29, 0.717) is 31.1 Å². The van der Waals surface area contributed by atoms with Gasteiger partial charge >= 0.3 is 5.97 Å². The van der Waals surface area contributed by atoms with E-state index < -0.39 is 30.0 Å². The molecule has 7 heteroatoms. The molecule has 0 saturated carbocycles. The van der Waals surface area contributed by atoms with Crippen molar-refractivity contribution in [2.45, 2.75) is 124 Å². The summed E-state index contributed by atoms with van der Waals surface area (Å²) in [5.41, 5.74) is 0. The molecule has 1 aliphatic rings. The highest BCUT2D eigenvalue weighted by atomic mass is 16.5. The second kappa shape index (κ2) is 16.5. The summed E-state index contributed by atoms with van der Waals surface area (Å²) in [5.74, 6) is -0.360. The molecule has 1 aromatic rings. The maximum atomic E-state index is 13.6. The number of rotatable bonds is 16. The molecule has 1 aliphatic heterocycles. The zero-order valence-corrected chi connectivity index (χ0v) is 26.0. The van der Waals surface area contributed by atoms with Crippen LogP contribution in [0.5, 0.6) is 0 Å². The molecule has 0 radical (unpaired) electrons. The van der Waals surface area contributed by atoms with Crippen LogP contribution < -0.4 is 0 Å². The molecule has 1 saturated heterocycles. The summed E-state index contributed by atoms with van der Waals surface area (Å²) in [4.78, 5) is 25.2. The fourth-order valence-corrected chi connectivity index (χ4v) is 6.25. The van der Waals surface area contributed by atoms with Crippen molar-refractivity contribution in [3.05, 3.63) is 29.7 Å². The van der Waals surface area contributed by atoms with E-state index in [1.54, 1.807) is 26.0 Å². The lowest BCUT2D eigenvalue weighted by molar-refractivity contribution is -0.147. The van der Waals surface area contributed by atoms with Crippen molar-refractivity contribution in [2.75, 3.05) is 6.61 Å². The van der Waals surface area contributed by atoms with E-state index in [-0.39, 0.29) is 35.7 Å². The Kier molecular flexibility index (Phi) is 14.1. The van der Waals surface area contributed by atoms with Gasteiger partial charge in [-0.05, 0) is 69.1 Å². The molecule has 40 heavy (non-hydrogen) atoms. The summed E-state index contributed by atoms with van der Waals surface area (Å²) in [7, 11) is 0. The average Bonchev–Trinajstić information content (AvgIpc) is 3.41. The van der Waals surface area contributed by atoms with Crippen LogP contribution in [0.4, 0.5) is 0 Å². The molecule has 1 aromatic heterocycles. The number of carbonyl (C=O) groups is 2. The highest BCUT2D eigenvalue weighted by Crippen LogP contribution is 2.36. The molecule has 7 nitrogen and oxygen atoms in total. The lowest BCUT2D eigenvalue weighted by Gasteiger charge is -2.41. The third kappa shape index (κ3) is 9.28. The number of ether oxygens (including phenoxy) is 2. The first-order valence-electron chi connectivity index (χ1n) is 15.4. The van der Waals surface area contributed by atoms with Crippen LogP contribution in [-0.4, -0.2) is 53.0 Å². The fraction of sp³-hybridized carbons (Fsp3) is 0.758. The predicted octanol–water partition coefficient (Wildman–Crippen LogP) is 6.56. The summed E-state index contributed by atoms with van der Waals surface area (Å²) in [6.45, 7) is 16.1. The van der Waals surface area contributed by atoms with Crippen molar-refractivity contribution in [1.29, 1.82) is 0 Å². The second-order valence-corrected chi connectivity index (χ2v) is 12.1. The number of hydrogen-bond donors (Lipinski definition) is 2. The van der Waals surface area contributed by atoms with Crippen LogP contribution in [0, 0.1) is 29.6 Å². The number of esters is 1. The monoisotopic (exact) mass is 562 g/mol. The molecular formula is C33H54O7. The minimum absolute atomic E-state index is 0.00559. The zero-order valence-electron chi connectivity index (χ0n) is 26.0. The molecule has 2 rings (SSSR count). The zero-order chi connectivity index (χ0) is 30.0. The van der Waals surface area contributed by atoms with Gasteiger partial charge in [0.1, 0.15) is 17.3 Å². The SMILES string of the molecule is CCC[C@H]1CC[C@H](C)[C@H]([C@@H](C)[C@H](O)[C@H](C)C(=O)[C@H](CC)[C@@H](O)[C@@H](C)C[C@@H](C)c2ccc(C=CC(=O)OCC)o2)O1. The van der Waals surface area contributed by atoms with Crippen molar-refractivity contribution in [3.8, 4) is 0 Å². The Bertz CT molecular complexity index is 937. The maximum Gasteiger partial charge on any atom is 0.330 e. The van der Waals surface area contributed by atoms with Gasteiger partial charge in [-0.25, -0.2) is 4.79 Å². The van der Waals surface area contributed by atoms with Gasteiger partial charge in [-0.2, -0.15) is 0 Å². The molecule has 0 bridgehead atoms. The predicted molar refractivity (Wildman–Crippen MR) is 158 cm³/mol. The molecule has 228 valence electrons. The topological polar surface area (TPSA) is 106 Å². The number of Topliss-reactive ketones (excluding diaryl/α,β-unsaturated/α-hetero) is 1. The molecule has 0 amide bonds. The number of ketones is 1. The summed E-state index contributed by atoms with van der Waals surface area (Å²) in [6, 6.07) is 3.67. The van der Waals surface area contributed by atoms with Crippen molar-refractivity contribution in [1.82, 2.24) is 0 Å². The summed E-state index contributed by atoms with van der Waals surface area (Å²) in [6.07, 6.45) is 6.72. The van der Waals surface area contributed by atoms with E-state index in [0.717, 1.165) is 31.4 Å². The number of carbonyl (C=O) groups excluding carboxylic acids is 2. The minimum atomic E-state index is -0.833. The van der Waals surface area contributed by atoms with Gasteiger partial charge in [-0.3, -0.25) is 4.79 Å². The summed E-state index contributed by atoms with van der Waals surface area (Å²) < 4.78 is 17.2. The lowest BCUT2D eigenvalue weighted by Crippen LogP contribution is -2.47. The van der Waals surface area contributed by atoms with Gasteiger partial charge in [0.05, 0.1) is 31.0 Å². The Labute approximate surface area is 241 Å². The molecular weight excluding hydrogens is 508 g/mol. The molecule has 2 heterocycles. The molecule has 0 spiro atoms. The highest BCUT2D eigenvalue weighted by Gasteiger charge is 2.41. The largest absolute Gasteiger partial charge is 0.463 e. The third-order valence-corrected chi connectivity index (χ3v) is 8.81. The second-order valence-electron chi connectivity index (χ2n) is 12.1. The van der Waals surface area contributed by atoms with Crippen molar-refractivity contribution in [3.63, 3.8) is 0 Å². The molecule has 1 fully saturated rings. The van der Waals surface area contributed by atoms with Gasteiger partial charge in [0.15, 0.2) is 0 Å². The van der Waals surface area contributed by atoms with Gasteiger partial charge in [0.2, 0.25) is 0 Å². The van der Waals surface area contributed by atoms with E-state index in [1.807, 2.05) is 33.8 Å². The Morgan fingerprint density at radius 2 is 1.77 bits per heavy atom. The van der Waals surface area contributed by atoms with Crippen LogP contribution in [0.3, 0.4) is 0 Å². The van der Waals surface area contributed by atoms with Gasteiger partial charge < -0.3 is 24.1 Å². The molecule has 10 atom stereocenters. The number of hydrogen-bond acceptors (Lipinski definition) is 7. The third-order valence-electron chi connectivity index (χ3n) is 8.81. The summed E-state index contributed by atoms with van der Waals surface area (Å²) >= 11 is 0.